The maximum Gasteiger partial charge on any atom is 0.157 e. The van der Waals surface area contributed by atoms with E-state index >= 15 is 0 Å². The van der Waals surface area contributed by atoms with Crippen LogP contribution in [0.4, 0.5) is 0 Å². The van der Waals surface area contributed by atoms with Crippen molar-refractivity contribution in [2.45, 2.75) is 13.5 Å². The van der Waals surface area contributed by atoms with Crippen molar-refractivity contribution in [2.75, 3.05) is 0 Å². The molecular weight excluding hydrogens is 448 g/mol. The zero-order valence-corrected chi connectivity index (χ0v) is 18.4. The van der Waals surface area contributed by atoms with Crippen LogP contribution in [-0.4, -0.2) is 0 Å². The van der Waals surface area contributed by atoms with Gasteiger partial charge < -0.3 is 4.74 Å². The summed E-state index contributed by atoms with van der Waals surface area (Å²) in [4.78, 5) is 0. The SMILES string of the molecule is Cc1ccc(/C(C#N)=C\c2cc(Cl)c(OCc3ccc(Cl)cc3Cl)c(Cl)c2)cc1. The lowest BCUT2D eigenvalue weighted by Gasteiger charge is -2.12. The third-order valence-corrected chi connectivity index (χ3v) is 5.35. The van der Waals surface area contributed by atoms with E-state index in [9.17, 15) is 5.26 Å². The Balaban J connectivity index is 1.85. The van der Waals surface area contributed by atoms with Crippen LogP contribution in [0, 0.1) is 18.3 Å². The van der Waals surface area contributed by atoms with Crippen molar-refractivity contribution in [1.29, 1.82) is 5.26 Å². The highest BCUT2D eigenvalue weighted by molar-refractivity contribution is 6.37. The molecule has 0 bridgehead atoms. The Morgan fingerprint density at radius 2 is 1.59 bits per heavy atom. The number of benzene rings is 3. The van der Waals surface area contributed by atoms with Crippen LogP contribution in [0.3, 0.4) is 0 Å². The van der Waals surface area contributed by atoms with Crippen LogP contribution in [0.25, 0.3) is 11.6 Å². The number of nitrogens with zero attached hydrogens (tertiary/aromatic N) is 1. The van der Waals surface area contributed by atoms with Crippen LogP contribution in [0.5, 0.6) is 5.75 Å². The van der Waals surface area contributed by atoms with E-state index in [1.54, 1.807) is 36.4 Å². The fourth-order valence-corrected chi connectivity index (χ4v) is 3.75. The fraction of sp³-hybridized carbons (Fsp3) is 0.0870. The summed E-state index contributed by atoms with van der Waals surface area (Å²) >= 11 is 24.9. The molecule has 2 nitrogen and oxygen atoms in total. The van der Waals surface area contributed by atoms with Gasteiger partial charge in [-0.15, -0.1) is 0 Å². The molecule has 0 spiro atoms. The van der Waals surface area contributed by atoms with E-state index in [0.29, 0.717) is 37.0 Å². The maximum atomic E-state index is 9.53. The van der Waals surface area contributed by atoms with Crippen LogP contribution in [0.1, 0.15) is 22.3 Å². The predicted octanol–water partition coefficient (Wildman–Crippen LogP) is 8.25. The molecule has 146 valence electrons. The Bertz CT molecular complexity index is 1090. The first-order valence-electron chi connectivity index (χ1n) is 8.62. The molecule has 0 heterocycles. The Morgan fingerprint density at radius 3 is 2.17 bits per heavy atom. The Kier molecular flexibility index (Phi) is 7.11. The monoisotopic (exact) mass is 461 g/mol. The van der Waals surface area contributed by atoms with Crippen molar-refractivity contribution in [1.82, 2.24) is 0 Å². The molecule has 0 saturated heterocycles. The molecule has 3 rings (SSSR count). The number of halogens is 4. The second-order valence-corrected chi connectivity index (χ2v) is 8.03. The predicted molar refractivity (Wildman–Crippen MR) is 122 cm³/mol. The Hall–Kier alpha value is -2.15. The lowest BCUT2D eigenvalue weighted by Crippen LogP contribution is -1.98. The molecule has 0 aromatic heterocycles. The number of nitriles is 1. The summed E-state index contributed by atoms with van der Waals surface area (Å²) in [7, 11) is 0. The van der Waals surface area contributed by atoms with Crippen LogP contribution >= 0.6 is 46.4 Å². The molecule has 0 fully saturated rings. The van der Waals surface area contributed by atoms with E-state index in [4.69, 9.17) is 51.1 Å². The third kappa shape index (κ3) is 5.47. The molecule has 0 aliphatic rings. The summed E-state index contributed by atoms with van der Waals surface area (Å²) in [6.07, 6.45) is 1.74. The first-order chi connectivity index (χ1) is 13.9. The number of allylic oxidation sites excluding steroid dienone is 1. The summed E-state index contributed by atoms with van der Waals surface area (Å²) in [6, 6.07) is 18.5. The quantitative estimate of drug-likeness (QED) is 0.282. The van der Waals surface area contributed by atoms with E-state index in [1.165, 1.54) is 0 Å². The Morgan fingerprint density at radius 1 is 0.931 bits per heavy atom. The van der Waals surface area contributed by atoms with Gasteiger partial charge in [0, 0.05) is 15.6 Å². The van der Waals surface area contributed by atoms with Gasteiger partial charge in [0.1, 0.15) is 6.61 Å². The minimum Gasteiger partial charge on any atom is -0.486 e. The second kappa shape index (κ2) is 9.57. The highest BCUT2D eigenvalue weighted by atomic mass is 35.5. The van der Waals surface area contributed by atoms with Crippen LogP contribution in [-0.2, 0) is 6.61 Å². The maximum absolute atomic E-state index is 9.53. The lowest BCUT2D eigenvalue weighted by atomic mass is 10.0. The number of rotatable bonds is 5. The van der Waals surface area contributed by atoms with Gasteiger partial charge in [-0.25, -0.2) is 0 Å². The highest BCUT2D eigenvalue weighted by Gasteiger charge is 2.12. The van der Waals surface area contributed by atoms with Gasteiger partial charge in [0.05, 0.1) is 21.7 Å². The number of aryl methyl sites for hydroxylation is 1. The number of ether oxygens (including phenoxy) is 1. The molecule has 0 amide bonds. The molecule has 29 heavy (non-hydrogen) atoms. The average Bonchev–Trinajstić information content (AvgIpc) is 2.67. The summed E-state index contributed by atoms with van der Waals surface area (Å²) in [5, 5.41) is 11.3. The van der Waals surface area contributed by atoms with Crippen molar-refractivity contribution in [2.24, 2.45) is 0 Å². The third-order valence-electron chi connectivity index (χ3n) is 4.20. The topological polar surface area (TPSA) is 33.0 Å². The zero-order valence-electron chi connectivity index (χ0n) is 15.3. The Labute approximate surface area is 189 Å². The number of hydrogen-bond acceptors (Lipinski definition) is 2. The van der Waals surface area contributed by atoms with Gasteiger partial charge in [-0.3, -0.25) is 0 Å². The van der Waals surface area contributed by atoms with E-state index in [2.05, 4.69) is 6.07 Å². The van der Waals surface area contributed by atoms with Crippen LogP contribution in [0.2, 0.25) is 20.1 Å². The van der Waals surface area contributed by atoms with Crippen molar-refractivity contribution in [3.05, 3.63) is 96.9 Å². The van der Waals surface area contributed by atoms with Crippen LogP contribution < -0.4 is 4.74 Å². The summed E-state index contributed by atoms with van der Waals surface area (Å²) in [6.45, 7) is 2.19. The standard InChI is InChI=1S/C23H15Cl4NO/c1-14-2-4-16(5-3-14)18(12-28)8-15-9-21(26)23(22(27)10-15)29-13-17-6-7-19(24)11-20(17)25/h2-11H,13H2,1H3/b18-8-. The average molecular weight is 463 g/mol. The summed E-state index contributed by atoms with van der Waals surface area (Å²) in [5.41, 5.74) is 3.92. The van der Waals surface area contributed by atoms with Gasteiger partial charge >= 0.3 is 0 Å². The minimum atomic E-state index is 0.192. The van der Waals surface area contributed by atoms with Crippen molar-refractivity contribution < 1.29 is 4.74 Å². The normalized spacial score (nSPS) is 11.2. The second-order valence-electron chi connectivity index (χ2n) is 6.37. The van der Waals surface area contributed by atoms with Crippen molar-refractivity contribution >= 4 is 58.1 Å². The molecule has 0 aliphatic carbocycles. The van der Waals surface area contributed by atoms with Gasteiger partial charge in [0.25, 0.3) is 0 Å². The molecule has 0 aliphatic heterocycles. The molecule has 0 unspecified atom stereocenters. The van der Waals surface area contributed by atoms with Crippen molar-refractivity contribution in [3.8, 4) is 11.8 Å². The molecule has 6 heteroatoms. The molecule has 0 radical (unpaired) electrons. The van der Waals surface area contributed by atoms with Crippen LogP contribution in [0.15, 0.2) is 54.6 Å². The molecule has 3 aromatic rings. The van der Waals surface area contributed by atoms with Gasteiger partial charge in [0.15, 0.2) is 5.75 Å². The van der Waals surface area contributed by atoms with Gasteiger partial charge in [-0.1, -0.05) is 82.3 Å². The zero-order chi connectivity index (χ0) is 21.0. The summed E-state index contributed by atoms with van der Waals surface area (Å²) < 4.78 is 5.78. The van der Waals surface area contributed by atoms with E-state index in [0.717, 1.165) is 16.7 Å². The molecule has 0 saturated carbocycles. The van der Waals surface area contributed by atoms with E-state index in [1.807, 2.05) is 31.2 Å². The molecular formula is C23H15Cl4NO. The van der Waals surface area contributed by atoms with E-state index in [-0.39, 0.29) is 6.61 Å². The van der Waals surface area contributed by atoms with E-state index < -0.39 is 0 Å². The first-order valence-corrected chi connectivity index (χ1v) is 10.1. The fourth-order valence-electron chi connectivity index (χ4n) is 2.67. The molecule has 3 aromatic carbocycles. The summed E-state index contributed by atoms with van der Waals surface area (Å²) in [5.74, 6) is 0.352. The lowest BCUT2D eigenvalue weighted by molar-refractivity contribution is 0.306. The highest BCUT2D eigenvalue weighted by Crippen LogP contribution is 2.36. The van der Waals surface area contributed by atoms with Crippen molar-refractivity contribution in [3.63, 3.8) is 0 Å². The van der Waals surface area contributed by atoms with Gasteiger partial charge in [-0.2, -0.15) is 5.26 Å². The smallest absolute Gasteiger partial charge is 0.157 e. The molecule has 0 atom stereocenters. The van der Waals surface area contributed by atoms with Gasteiger partial charge in [-0.05, 0) is 48.4 Å². The number of hydrogen-bond donors (Lipinski definition) is 0. The van der Waals surface area contributed by atoms with Gasteiger partial charge in [0.2, 0.25) is 0 Å². The minimum absolute atomic E-state index is 0.192. The largest absolute Gasteiger partial charge is 0.486 e. The first kappa shape index (κ1) is 21.6. The molecule has 0 N–H and O–H groups in total.